The quantitative estimate of drug-likeness (QED) is 0.0658. The zero-order valence-corrected chi connectivity index (χ0v) is 32.7. The minimum Gasteiger partial charge on any atom is -0.465 e. The number of hydrogen-bond acceptors (Lipinski definition) is 8. The van der Waals surface area contributed by atoms with Gasteiger partial charge in [0.05, 0.1) is 12.7 Å². The maximum absolute atomic E-state index is 14.2. The lowest BCUT2D eigenvalue weighted by atomic mass is 9.96. The number of aryl methyl sites for hydroxylation is 1. The van der Waals surface area contributed by atoms with Crippen LogP contribution < -0.4 is 20.9 Å². The standard InChI is InChI=1S/C44H44N4O5S2/c1-48(2)33-25-23-29(24-26-33)27-36(46-40(49)31-17-10-7-11-18-31)41(50)45-32-19-14-20-34(28-32)54-39(30-15-8-6-9-16-30)42(51)47-43-38(44(52)53-3)35-21-12-4-5-13-22-37(35)55-43/h6-11,14-20,23-28,39H,4-5,12-13,21-22H2,1-3H3,(H,45,50)(H,46,49)(H,47,51)/b36-27+. The zero-order valence-electron chi connectivity index (χ0n) is 31.1. The Morgan fingerprint density at radius 1 is 0.800 bits per heavy atom. The maximum atomic E-state index is 14.2. The van der Waals surface area contributed by atoms with Gasteiger partial charge in [0.15, 0.2) is 0 Å². The van der Waals surface area contributed by atoms with Crippen LogP contribution in [0.4, 0.5) is 16.4 Å². The largest absolute Gasteiger partial charge is 0.465 e. The molecule has 1 atom stereocenters. The molecule has 11 heteroatoms. The van der Waals surface area contributed by atoms with Gasteiger partial charge >= 0.3 is 5.97 Å². The van der Waals surface area contributed by atoms with Crippen molar-refractivity contribution in [1.82, 2.24) is 5.32 Å². The van der Waals surface area contributed by atoms with Crippen molar-refractivity contribution in [2.45, 2.75) is 48.7 Å². The first-order valence-corrected chi connectivity index (χ1v) is 19.9. The summed E-state index contributed by atoms with van der Waals surface area (Å²) in [6.07, 6.45) is 7.55. The fourth-order valence-corrected chi connectivity index (χ4v) is 8.73. The molecule has 0 spiro atoms. The van der Waals surface area contributed by atoms with E-state index in [2.05, 4.69) is 16.0 Å². The van der Waals surface area contributed by atoms with Gasteiger partial charge in [0.2, 0.25) is 5.91 Å². The minimum absolute atomic E-state index is 0.0671. The van der Waals surface area contributed by atoms with Crippen LogP contribution in [0, 0.1) is 0 Å². The van der Waals surface area contributed by atoms with E-state index in [1.54, 1.807) is 48.5 Å². The molecule has 0 saturated carbocycles. The Morgan fingerprint density at radius 3 is 2.18 bits per heavy atom. The van der Waals surface area contributed by atoms with Crippen molar-refractivity contribution in [1.29, 1.82) is 0 Å². The van der Waals surface area contributed by atoms with Gasteiger partial charge in [-0.15, -0.1) is 23.1 Å². The molecule has 1 unspecified atom stereocenters. The normalized spacial score (nSPS) is 13.3. The molecular formula is C44H44N4O5S2. The molecule has 1 aliphatic rings. The summed E-state index contributed by atoms with van der Waals surface area (Å²) in [6.45, 7) is 0. The van der Waals surface area contributed by atoms with Gasteiger partial charge in [0.25, 0.3) is 11.8 Å². The summed E-state index contributed by atoms with van der Waals surface area (Å²) < 4.78 is 5.20. The average Bonchev–Trinajstić information content (AvgIpc) is 3.52. The molecule has 1 aliphatic carbocycles. The molecule has 282 valence electrons. The Balaban J connectivity index is 1.25. The lowest BCUT2D eigenvalue weighted by molar-refractivity contribution is -0.116. The minimum atomic E-state index is -0.687. The Kier molecular flexibility index (Phi) is 13.2. The SMILES string of the molecule is COC(=O)c1c(NC(=O)C(Sc2cccc(NC(=O)/C(=C\c3ccc(N(C)C)cc3)NC(=O)c3ccccc3)c2)c2ccccc2)sc2c1CCCCCC2. The summed E-state index contributed by atoms with van der Waals surface area (Å²) in [4.78, 5) is 58.2. The molecular weight excluding hydrogens is 729 g/mol. The third kappa shape index (κ3) is 10.1. The topological polar surface area (TPSA) is 117 Å². The first kappa shape index (κ1) is 39.1. The molecule has 4 aromatic carbocycles. The van der Waals surface area contributed by atoms with Gasteiger partial charge in [-0.1, -0.05) is 79.6 Å². The number of rotatable bonds is 12. The van der Waals surface area contributed by atoms with Crippen molar-refractivity contribution in [2.75, 3.05) is 36.7 Å². The van der Waals surface area contributed by atoms with Gasteiger partial charge in [-0.2, -0.15) is 0 Å². The van der Waals surface area contributed by atoms with Crippen LogP contribution in [-0.4, -0.2) is 44.9 Å². The van der Waals surface area contributed by atoms with Crippen LogP contribution in [-0.2, 0) is 27.2 Å². The zero-order chi connectivity index (χ0) is 38.7. The van der Waals surface area contributed by atoms with Crippen molar-refractivity contribution in [3.05, 3.63) is 148 Å². The van der Waals surface area contributed by atoms with Crippen molar-refractivity contribution in [3.8, 4) is 0 Å². The molecule has 3 amide bonds. The Hall–Kier alpha value is -5.65. The smallest absolute Gasteiger partial charge is 0.341 e. The van der Waals surface area contributed by atoms with E-state index >= 15 is 0 Å². The summed E-state index contributed by atoms with van der Waals surface area (Å²) in [5.74, 6) is -1.65. The van der Waals surface area contributed by atoms with Gasteiger partial charge in [-0.3, -0.25) is 14.4 Å². The molecule has 0 bridgehead atoms. The predicted octanol–water partition coefficient (Wildman–Crippen LogP) is 9.14. The summed E-state index contributed by atoms with van der Waals surface area (Å²) in [6, 6.07) is 33.0. The first-order chi connectivity index (χ1) is 26.7. The fourth-order valence-electron chi connectivity index (χ4n) is 6.36. The molecule has 1 aromatic heterocycles. The number of thioether (sulfide) groups is 1. The van der Waals surface area contributed by atoms with Gasteiger partial charge < -0.3 is 25.6 Å². The molecule has 0 saturated heterocycles. The van der Waals surface area contributed by atoms with Crippen LogP contribution in [0.5, 0.6) is 0 Å². The molecule has 0 radical (unpaired) electrons. The molecule has 0 aliphatic heterocycles. The van der Waals surface area contributed by atoms with Crippen LogP contribution in [0.1, 0.15) is 73.2 Å². The lowest BCUT2D eigenvalue weighted by Crippen LogP contribution is -2.30. The maximum Gasteiger partial charge on any atom is 0.341 e. The number of carbonyl (C=O) groups is 4. The molecule has 55 heavy (non-hydrogen) atoms. The highest BCUT2D eigenvalue weighted by atomic mass is 32.2. The number of methoxy groups -OCH3 is 1. The van der Waals surface area contributed by atoms with E-state index in [1.807, 2.05) is 85.7 Å². The van der Waals surface area contributed by atoms with E-state index in [0.717, 1.165) is 70.7 Å². The van der Waals surface area contributed by atoms with E-state index in [9.17, 15) is 19.2 Å². The summed E-state index contributed by atoms with van der Waals surface area (Å²) >= 11 is 2.80. The highest BCUT2D eigenvalue weighted by Gasteiger charge is 2.29. The Labute approximate surface area is 330 Å². The fraction of sp³-hybridized carbons (Fsp3) is 0.227. The van der Waals surface area contributed by atoms with Crippen molar-refractivity contribution in [2.24, 2.45) is 0 Å². The van der Waals surface area contributed by atoms with E-state index in [4.69, 9.17) is 4.74 Å². The third-order valence-electron chi connectivity index (χ3n) is 9.23. The number of fused-ring (bicyclic) bond motifs is 1. The number of nitrogens with one attached hydrogen (secondary N) is 3. The van der Waals surface area contributed by atoms with Gasteiger partial charge in [0, 0.05) is 40.8 Å². The monoisotopic (exact) mass is 772 g/mol. The predicted molar refractivity (Wildman–Crippen MR) is 223 cm³/mol. The van der Waals surface area contributed by atoms with Crippen molar-refractivity contribution in [3.63, 3.8) is 0 Å². The van der Waals surface area contributed by atoms with Gasteiger partial charge in [0.1, 0.15) is 15.9 Å². The molecule has 5 aromatic rings. The van der Waals surface area contributed by atoms with Crippen molar-refractivity contribution >= 4 is 69.2 Å². The van der Waals surface area contributed by atoms with Gasteiger partial charge in [-0.05, 0) is 90.9 Å². The number of benzene rings is 4. The third-order valence-corrected chi connectivity index (χ3v) is 11.7. The number of thiophene rings is 1. The number of carbonyl (C=O) groups excluding carboxylic acids is 4. The second-order valence-corrected chi connectivity index (χ2v) is 15.6. The summed E-state index contributed by atoms with van der Waals surface area (Å²) in [7, 11) is 5.26. The number of anilines is 3. The molecule has 1 heterocycles. The Morgan fingerprint density at radius 2 is 1.49 bits per heavy atom. The molecule has 0 fully saturated rings. The molecule has 9 nitrogen and oxygen atoms in total. The van der Waals surface area contributed by atoms with Crippen molar-refractivity contribution < 1.29 is 23.9 Å². The number of ether oxygens (including phenoxy) is 1. The number of amides is 3. The van der Waals surface area contributed by atoms with E-state index in [-0.39, 0.29) is 11.6 Å². The number of nitrogens with zero attached hydrogens (tertiary/aromatic N) is 1. The summed E-state index contributed by atoms with van der Waals surface area (Å²) in [5, 5.41) is 8.67. The van der Waals surface area contributed by atoms with Crippen LogP contribution in [0.25, 0.3) is 6.08 Å². The highest BCUT2D eigenvalue weighted by molar-refractivity contribution is 8.00. The summed E-state index contributed by atoms with van der Waals surface area (Å²) in [5.41, 5.74) is 4.92. The highest BCUT2D eigenvalue weighted by Crippen LogP contribution is 2.41. The van der Waals surface area contributed by atoms with Crippen LogP contribution >= 0.6 is 23.1 Å². The van der Waals surface area contributed by atoms with E-state index in [1.165, 1.54) is 30.2 Å². The number of esters is 1. The van der Waals surface area contributed by atoms with Crippen LogP contribution in [0.15, 0.2) is 120 Å². The van der Waals surface area contributed by atoms with E-state index < -0.39 is 23.0 Å². The Bertz CT molecular complexity index is 2170. The first-order valence-electron chi connectivity index (χ1n) is 18.2. The molecule has 3 N–H and O–H groups in total. The van der Waals surface area contributed by atoms with E-state index in [0.29, 0.717) is 21.8 Å². The second-order valence-electron chi connectivity index (χ2n) is 13.4. The molecule has 6 rings (SSSR count). The lowest BCUT2D eigenvalue weighted by Gasteiger charge is -2.18. The second kappa shape index (κ2) is 18.6. The van der Waals surface area contributed by atoms with Crippen LogP contribution in [0.3, 0.4) is 0 Å². The average molecular weight is 773 g/mol. The van der Waals surface area contributed by atoms with Crippen LogP contribution in [0.2, 0.25) is 0 Å². The van der Waals surface area contributed by atoms with Gasteiger partial charge in [-0.25, -0.2) is 4.79 Å². The number of hydrogen-bond donors (Lipinski definition) is 3.